The number of carbonyl (C=O) groups excluding carboxylic acids is 1. The Hall–Kier alpha value is -1.26. The van der Waals surface area contributed by atoms with Gasteiger partial charge in [-0.1, -0.05) is 0 Å². The number of carbonyl (C=O) groups is 1. The van der Waals surface area contributed by atoms with Crippen LogP contribution >= 0.6 is 22.9 Å². The van der Waals surface area contributed by atoms with Crippen LogP contribution in [0.25, 0.3) is 10.6 Å². The molecule has 0 atom stereocenters. The van der Waals surface area contributed by atoms with Gasteiger partial charge in [-0.2, -0.15) is 0 Å². The fraction of sp³-hybridized carbons (Fsp3) is 0.167. The minimum Gasteiger partial charge on any atom is -0.291 e. The van der Waals surface area contributed by atoms with Gasteiger partial charge < -0.3 is 0 Å². The van der Waals surface area contributed by atoms with Gasteiger partial charge in [0.15, 0.2) is 5.78 Å². The van der Waals surface area contributed by atoms with Crippen molar-refractivity contribution in [1.82, 2.24) is 4.98 Å². The van der Waals surface area contributed by atoms with Crippen LogP contribution in [0.2, 0.25) is 0 Å². The number of rotatable bonds is 3. The van der Waals surface area contributed by atoms with Crippen molar-refractivity contribution < 1.29 is 9.18 Å². The molecule has 0 aliphatic carbocycles. The van der Waals surface area contributed by atoms with Crippen molar-refractivity contribution >= 4 is 28.7 Å². The van der Waals surface area contributed by atoms with Crippen molar-refractivity contribution in [3.8, 4) is 10.6 Å². The lowest BCUT2D eigenvalue weighted by molar-refractivity contribution is 0.101. The summed E-state index contributed by atoms with van der Waals surface area (Å²) in [6, 6.07) is 4.49. The van der Waals surface area contributed by atoms with Gasteiger partial charge in [-0.3, -0.25) is 4.79 Å². The molecule has 2 aromatic rings. The zero-order chi connectivity index (χ0) is 12.4. The third-order valence-corrected chi connectivity index (χ3v) is 3.45. The summed E-state index contributed by atoms with van der Waals surface area (Å²) in [4.78, 5) is 15.6. The number of hydrogen-bond acceptors (Lipinski definition) is 3. The number of aromatic nitrogens is 1. The second kappa shape index (κ2) is 4.94. The van der Waals surface area contributed by atoms with Gasteiger partial charge in [0, 0.05) is 10.9 Å². The molecule has 1 aromatic heterocycles. The fourth-order valence-corrected chi connectivity index (χ4v) is 2.51. The number of benzene rings is 1. The van der Waals surface area contributed by atoms with Crippen LogP contribution in [0.3, 0.4) is 0 Å². The molecule has 0 aliphatic rings. The summed E-state index contributed by atoms with van der Waals surface area (Å²) in [5.74, 6) is -0.556. The van der Waals surface area contributed by atoms with Gasteiger partial charge in [0.1, 0.15) is 16.5 Å². The van der Waals surface area contributed by atoms with Crippen LogP contribution in [0.4, 0.5) is 4.39 Å². The van der Waals surface area contributed by atoms with Crippen LogP contribution in [0.5, 0.6) is 0 Å². The highest BCUT2D eigenvalue weighted by atomic mass is 35.5. The Morgan fingerprint density at radius 2 is 2.29 bits per heavy atom. The highest BCUT2D eigenvalue weighted by Crippen LogP contribution is 2.27. The predicted octanol–water partition coefficient (Wildman–Crippen LogP) is 3.68. The van der Waals surface area contributed by atoms with Gasteiger partial charge >= 0.3 is 0 Å². The molecule has 0 spiro atoms. The van der Waals surface area contributed by atoms with Crippen molar-refractivity contribution in [3.05, 3.63) is 40.7 Å². The van der Waals surface area contributed by atoms with E-state index in [1.54, 1.807) is 11.4 Å². The van der Waals surface area contributed by atoms with E-state index in [0.717, 1.165) is 11.1 Å². The van der Waals surface area contributed by atoms with E-state index >= 15 is 0 Å². The van der Waals surface area contributed by atoms with Crippen molar-refractivity contribution in [2.75, 3.05) is 5.88 Å². The van der Waals surface area contributed by atoms with E-state index in [9.17, 15) is 9.18 Å². The largest absolute Gasteiger partial charge is 0.291 e. The summed E-state index contributed by atoms with van der Waals surface area (Å²) in [5.41, 5.74) is 2.00. The monoisotopic (exact) mass is 269 g/mol. The second-order valence-electron chi connectivity index (χ2n) is 3.55. The van der Waals surface area contributed by atoms with Gasteiger partial charge in [-0.05, 0) is 30.7 Å². The summed E-state index contributed by atoms with van der Waals surface area (Å²) in [5, 5.41) is 2.37. The molecule has 0 fully saturated rings. The molecule has 17 heavy (non-hydrogen) atoms. The molecule has 0 amide bonds. The maximum absolute atomic E-state index is 13.0. The number of Topliss-reactive ketones (excluding diaryl/α,β-unsaturated/α-hetero) is 1. The van der Waals surface area contributed by atoms with Gasteiger partial charge in [-0.15, -0.1) is 22.9 Å². The fourth-order valence-electron chi connectivity index (χ4n) is 1.46. The lowest BCUT2D eigenvalue weighted by atomic mass is 10.1. The zero-order valence-corrected chi connectivity index (χ0v) is 10.6. The van der Waals surface area contributed by atoms with Gasteiger partial charge in [0.05, 0.1) is 5.88 Å². The number of thiazole rings is 1. The molecular weight excluding hydrogens is 261 g/mol. The molecule has 0 saturated heterocycles. The summed E-state index contributed by atoms with van der Waals surface area (Å²) < 4.78 is 13.0. The van der Waals surface area contributed by atoms with E-state index < -0.39 is 0 Å². The lowest BCUT2D eigenvalue weighted by Crippen LogP contribution is -2.00. The number of hydrogen-bond donors (Lipinski definition) is 0. The predicted molar refractivity (Wildman–Crippen MR) is 67.3 cm³/mol. The Kier molecular flexibility index (Phi) is 3.54. The topological polar surface area (TPSA) is 30.0 Å². The van der Waals surface area contributed by atoms with Crippen molar-refractivity contribution in [2.24, 2.45) is 0 Å². The van der Waals surface area contributed by atoms with Crippen LogP contribution in [-0.2, 0) is 0 Å². The molecule has 0 unspecified atom stereocenters. The van der Waals surface area contributed by atoms with Crippen molar-refractivity contribution in [2.45, 2.75) is 6.92 Å². The maximum atomic E-state index is 13.0. The Morgan fingerprint density at radius 3 is 2.94 bits per heavy atom. The minimum atomic E-state index is -0.278. The molecule has 0 aliphatic heterocycles. The Balaban J connectivity index is 2.40. The first-order valence-corrected chi connectivity index (χ1v) is 6.34. The van der Waals surface area contributed by atoms with Crippen LogP contribution in [0.1, 0.15) is 16.1 Å². The van der Waals surface area contributed by atoms with E-state index in [0.29, 0.717) is 10.7 Å². The second-order valence-corrected chi connectivity index (χ2v) is 4.68. The standard InChI is InChI=1S/C12H9ClFNOS/c1-7-4-8(14)2-3-9(7)12-15-10(6-17-12)11(16)5-13/h2-4,6H,5H2,1H3. The molecule has 88 valence electrons. The normalized spacial score (nSPS) is 10.5. The molecule has 0 bridgehead atoms. The average molecular weight is 270 g/mol. The van der Waals surface area contributed by atoms with E-state index in [2.05, 4.69) is 4.98 Å². The first kappa shape index (κ1) is 12.2. The number of alkyl halides is 1. The van der Waals surface area contributed by atoms with Crippen LogP contribution in [0, 0.1) is 12.7 Å². The highest BCUT2D eigenvalue weighted by Gasteiger charge is 2.12. The molecule has 5 heteroatoms. The quantitative estimate of drug-likeness (QED) is 0.628. The number of aryl methyl sites for hydroxylation is 1. The zero-order valence-electron chi connectivity index (χ0n) is 9.04. The Bertz CT molecular complexity index is 567. The third-order valence-electron chi connectivity index (χ3n) is 2.33. The van der Waals surface area contributed by atoms with Gasteiger partial charge in [-0.25, -0.2) is 9.37 Å². The summed E-state index contributed by atoms with van der Waals surface area (Å²) >= 11 is 6.81. The molecular formula is C12H9ClFNOS. The number of ketones is 1. The molecule has 1 aromatic carbocycles. The van der Waals surface area contributed by atoms with Gasteiger partial charge in [0.25, 0.3) is 0 Å². The molecule has 2 nitrogen and oxygen atoms in total. The van der Waals surface area contributed by atoms with E-state index in [-0.39, 0.29) is 17.5 Å². The maximum Gasteiger partial charge on any atom is 0.196 e. The first-order chi connectivity index (χ1) is 8.11. The molecule has 0 N–H and O–H groups in total. The SMILES string of the molecule is Cc1cc(F)ccc1-c1nc(C(=O)CCl)cs1. The van der Waals surface area contributed by atoms with Crippen molar-refractivity contribution in [3.63, 3.8) is 0 Å². The molecule has 1 heterocycles. The summed E-state index contributed by atoms with van der Waals surface area (Å²) in [7, 11) is 0. The van der Waals surface area contributed by atoms with Gasteiger partial charge in [0.2, 0.25) is 0 Å². The molecule has 2 rings (SSSR count). The van der Waals surface area contributed by atoms with Crippen LogP contribution < -0.4 is 0 Å². The minimum absolute atomic E-state index is 0.0778. The number of halogens is 2. The van der Waals surface area contributed by atoms with E-state index in [4.69, 9.17) is 11.6 Å². The Labute approximate surface area is 107 Å². The van der Waals surface area contributed by atoms with Crippen LogP contribution in [-0.4, -0.2) is 16.6 Å². The highest BCUT2D eigenvalue weighted by molar-refractivity contribution is 7.13. The average Bonchev–Trinajstić information content (AvgIpc) is 2.77. The van der Waals surface area contributed by atoms with Crippen molar-refractivity contribution in [1.29, 1.82) is 0 Å². The summed E-state index contributed by atoms with van der Waals surface area (Å²) in [6.45, 7) is 1.81. The first-order valence-electron chi connectivity index (χ1n) is 4.93. The lowest BCUT2D eigenvalue weighted by Gasteiger charge is -2.01. The smallest absolute Gasteiger partial charge is 0.196 e. The molecule has 0 radical (unpaired) electrons. The Morgan fingerprint density at radius 1 is 1.53 bits per heavy atom. The number of nitrogens with zero attached hydrogens (tertiary/aromatic N) is 1. The molecule has 0 saturated carbocycles. The summed E-state index contributed by atoms with van der Waals surface area (Å²) in [6.07, 6.45) is 0. The third kappa shape index (κ3) is 2.53. The van der Waals surface area contributed by atoms with Crippen LogP contribution in [0.15, 0.2) is 23.6 Å². The van der Waals surface area contributed by atoms with E-state index in [1.807, 2.05) is 6.92 Å². The van der Waals surface area contributed by atoms with E-state index in [1.165, 1.54) is 23.5 Å².